The van der Waals surface area contributed by atoms with E-state index in [0.717, 1.165) is 0 Å². The molecule has 3 heteroatoms. The maximum absolute atomic E-state index is 2.31. The van der Waals surface area contributed by atoms with Crippen molar-refractivity contribution in [3.8, 4) is 0 Å². The van der Waals surface area contributed by atoms with Crippen LogP contribution in [0.1, 0.15) is 12.0 Å². The molecule has 0 nitrogen and oxygen atoms in total. The van der Waals surface area contributed by atoms with Crippen LogP contribution >= 0.6 is 24.8 Å². The summed E-state index contributed by atoms with van der Waals surface area (Å²) in [7, 11) is 0. The summed E-state index contributed by atoms with van der Waals surface area (Å²) in [4.78, 5) is 0. The predicted molar refractivity (Wildman–Crippen MR) is 66.5 cm³/mol. The van der Waals surface area contributed by atoms with Gasteiger partial charge in [0.25, 0.3) is 0 Å². The third kappa shape index (κ3) is 5.15. The van der Waals surface area contributed by atoms with Crippen LogP contribution in [0.4, 0.5) is 0 Å². The molecule has 0 atom stereocenters. The van der Waals surface area contributed by atoms with Gasteiger partial charge in [0.2, 0.25) is 0 Å². The van der Waals surface area contributed by atoms with Crippen molar-refractivity contribution in [1.82, 2.24) is 0 Å². The van der Waals surface area contributed by atoms with Crippen LogP contribution in [-0.4, -0.2) is 0 Å². The van der Waals surface area contributed by atoms with Gasteiger partial charge < -0.3 is 0 Å². The number of hydrogen-bond acceptors (Lipinski definition) is 0. The molecule has 0 bridgehead atoms. The molecular formula is C12H14Cl2Zr. The van der Waals surface area contributed by atoms with Gasteiger partial charge in [-0.1, -0.05) is 0 Å². The van der Waals surface area contributed by atoms with Crippen molar-refractivity contribution in [3.63, 3.8) is 0 Å². The van der Waals surface area contributed by atoms with Crippen LogP contribution in [0.25, 0.3) is 0 Å². The Hall–Kier alpha value is 0.163. The van der Waals surface area contributed by atoms with E-state index in [1.54, 1.807) is 3.28 Å². The first kappa shape index (κ1) is 15.2. The van der Waals surface area contributed by atoms with Crippen LogP contribution in [0.5, 0.6) is 0 Å². The Kier molecular flexibility index (Phi) is 8.42. The van der Waals surface area contributed by atoms with Gasteiger partial charge in [-0.05, 0) is 0 Å². The van der Waals surface area contributed by atoms with Crippen LogP contribution in [0.2, 0.25) is 0 Å². The number of benzene rings is 1. The standard InChI is InChI=1S/C7H7.C5H5.2ClH.Zr/c1-7-5-3-2-4-6-7;1-2-4-5-3-1;;;/h2-6H,1H2;1-3H,4H2;2*1H;. The normalized spacial score (nSPS) is 12.4. The molecule has 2 rings (SSSR count). The fourth-order valence-corrected chi connectivity index (χ4v) is 4.20. The predicted octanol–water partition coefficient (Wildman–Crippen LogP) is 3.96. The molecule has 0 radical (unpaired) electrons. The van der Waals surface area contributed by atoms with E-state index in [1.807, 2.05) is 0 Å². The summed E-state index contributed by atoms with van der Waals surface area (Å²) in [5, 5.41) is 0. The first-order valence-electron chi connectivity index (χ1n) is 4.58. The molecule has 1 aromatic carbocycles. The molecule has 0 unspecified atom stereocenters. The molecule has 0 spiro atoms. The molecule has 1 aliphatic carbocycles. The van der Waals surface area contributed by atoms with Gasteiger partial charge in [0.1, 0.15) is 0 Å². The third-order valence-corrected chi connectivity index (χ3v) is 5.60. The third-order valence-electron chi connectivity index (χ3n) is 2.13. The van der Waals surface area contributed by atoms with E-state index in [9.17, 15) is 0 Å². The average Bonchev–Trinajstić information content (AvgIpc) is 2.69. The fourth-order valence-electron chi connectivity index (χ4n) is 1.39. The molecule has 0 aliphatic heterocycles. The smallest absolute Gasteiger partial charge is 0.147 e. The van der Waals surface area contributed by atoms with E-state index < -0.39 is 0 Å². The Labute approximate surface area is 115 Å². The monoisotopic (exact) mass is 318 g/mol. The van der Waals surface area contributed by atoms with Crippen molar-refractivity contribution >= 4 is 24.8 Å². The molecular weight excluding hydrogens is 306 g/mol. The van der Waals surface area contributed by atoms with Gasteiger partial charge in [0.15, 0.2) is 0 Å². The SMILES string of the molecule is C1=CC[C]([Zr][CH2]c2ccccc2)=C1.Cl.Cl. The van der Waals surface area contributed by atoms with E-state index in [1.165, 1.54) is 16.1 Å². The van der Waals surface area contributed by atoms with E-state index >= 15 is 0 Å². The van der Waals surface area contributed by atoms with Gasteiger partial charge in [0, 0.05) is 0 Å². The molecule has 0 amide bonds. The zero-order chi connectivity index (χ0) is 8.93. The Balaban J connectivity index is 0.000000980. The van der Waals surface area contributed by atoms with Gasteiger partial charge in [-0.2, -0.15) is 0 Å². The minimum atomic E-state index is -0.285. The van der Waals surface area contributed by atoms with Crippen molar-refractivity contribution in [2.75, 3.05) is 0 Å². The molecule has 0 saturated heterocycles. The fraction of sp³-hybridized carbons (Fsp3) is 0.167. The van der Waals surface area contributed by atoms with Crippen LogP contribution in [-0.2, 0) is 27.4 Å². The van der Waals surface area contributed by atoms with Crippen molar-refractivity contribution < 1.29 is 23.2 Å². The number of allylic oxidation sites excluding steroid dienone is 4. The zero-order valence-electron chi connectivity index (χ0n) is 8.35. The topological polar surface area (TPSA) is 0 Å². The minimum absolute atomic E-state index is 0. The van der Waals surface area contributed by atoms with Gasteiger partial charge in [-0.25, -0.2) is 0 Å². The number of halogens is 2. The van der Waals surface area contributed by atoms with Crippen LogP contribution in [0.3, 0.4) is 0 Å². The summed E-state index contributed by atoms with van der Waals surface area (Å²) in [6, 6.07) is 10.8. The second-order valence-corrected chi connectivity index (χ2v) is 6.48. The van der Waals surface area contributed by atoms with Crippen LogP contribution in [0.15, 0.2) is 51.8 Å². The molecule has 0 N–H and O–H groups in total. The molecule has 0 fully saturated rings. The second-order valence-electron chi connectivity index (χ2n) is 3.16. The van der Waals surface area contributed by atoms with Crippen molar-refractivity contribution in [2.24, 2.45) is 0 Å². The molecule has 1 aromatic rings. The maximum atomic E-state index is 2.31. The van der Waals surface area contributed by atoms with Crippen molar-refractivity contribution in [1.29, 1.82) is 0 Å². The van der Waals surface area contributed by atoms with Gasteiger partial charge in [-0.3, -0.25) is 0 Å². The van der Waals surface area contributed by atoms with Gasteiger partial charge in [0.05, 0.1) is 0 Å². The van der Waals surface area contributed by atoms with Gasteiger partial charge >= 0.3 is 91.2 Å². The Morgan fingerprint density at radius 1 is 1.07 bits per heavy atom. The van der Waals surface area contributed by atoms with Crippen molar-refractivity contribution in [3.05, 3.63) is 57.4 Å². The molecule has 0 saturated carbocycles. The molecule has 1 aliphatic rings. The largest absolute Gasteiger partial charge is 0.147 e. The van der Waals surface area contributed by atoms with Crippen LogP contribution in [0, 0.1) is 0 Å². The number of rotatable bonds is 3. The summed E-state index contributed by atoms with van der Waals surface area (Å²) in [5.41, 5.74) is 1.52. The Bertz CT molecular complexity index is 331. The first-order valence-corrected chi connectivity index (χ1v) is 7.55. The van der Waals surface area contributed by atoms with E-state index in [4.69, 9.17) is 0 Å². The molecule has 15 heavy (non-hydrogen) atoms. The number of hydrogen-bond donors (Lipinski definition) is 0. The summed E-state index contributed by atoms with van der Waals surface area (Å²) in [6.45, 7) is 0. The van der Waals surface area contributed by atoms with Crippen LogP contribution < -0.4 is 0 Å². The summed E-state index contributed by atoms with van der Waals surface area (Å²) in [5.74, 6) is 0. The molecule has 80 valence electrons. The van der Waals surface area contributed by atoms with Gasteiger partial charge in [-0.15, -0.1) is 24.8 Å². The maximum Gasteiger partial charge on any atom is -0.147 e. The Morgan fingerprint density at radius 3 is 2.40 bits per heavy atom. The minimum Gasteiger partial charge on any atom is -0.147 e. The molecule has 0 heterocycles. The van der Waals surface area contributed by atoms with E-state index in [-0.39, 0.29) is 48.0 Å². The average molecular weight is 320 g/mol. The molecule has 0 aromatic heterocycles. The van der Waals surface area contributed by atoms with Crippen molar-refractivity contribution in [2.45, 2.75) is 10.5 Å². The van der Waals surface area contributed by atoms with E-state index in [2.05, 4.69) is 48.6 Å². The summed E-state index contributed by atoms with van der Waals surface area (Å²) < 4.78 is 3.07. The zero-order valence-corrected chi connectivity index (χ0v) is 12.4. The summed E-state index contributed by atoms with van der Waals surface area (Å²) >= 11 is -0.285. The Morgan fingerprint density at radius 2 is 1.80 bits per heavy atom. The van der Waals surface area contributed by atoms with E-state index in [0.29, 0.717) is 0 Å². The first-order chi connectivity index (χ1) is 6.45. The quantitative estimate of drug-likeness (QED) is 0.791. The second kappa shape index (κ2) is 8.33. The summed E-state index contributed by atoms with van der Waals surface area (Å²) in [6.07, 6.45) is 8.01.